The molecule has 1 fully saturated rings. The fraction of sp³-hybridized carbons (Fsp3) is 0.364. The van der Waals surface area contributed by atoms with Gasteiger partial charge in [0.25, 0.3) is 0 Å². The summed E-state index contributed by atoms with van der Waals surface area (Å²) in [6, 6.07) is 16.7. The quantitative estimate of drug-likeness (QED) is 0.590. The van der Waals surface area contributed by atoms with E-state index in [9.17, 15) is 4.79 Å². The first-order valence-corrected chi connectivity index (χ1v) is 11.1. The van der Waals surface area contributed by atoms with Gasteiger partial charge in [0.15, 0.2) is 0 Å². The van der Waals surface area contributed by atoms with E-state index in [2.05, 4.69) is 50.0 Å². The van der Waals surface area contributed by atoms with Crippen molar-refractivity contribution in [2.24, 2.45) is 0 Å². The molecule has 0 saturated carbocycles. The Hall–Kier alpha value is -2.71. The Bertz CT molecular complexity index is 986. The predicted octanol–water partition coefficient (Wildman–Crippen LogP) is 2.76. The van der Waals surface area contributed by atoms with Gasteiger partial charge in [0.05, 0.1) is 11.4 Å². The first-order valence-electron chi connectivity index (χ1n) is 10.1. The molecular formula is C22H26N6OS. The first kappa shape index (κ1) is 20.6. The van der Waals surface area contributed by atoms with E-state index in [1.165, 1.54) is 17.3 Å². The van der Waals surface area contributed by atoms with Gasteiger partial charge in [0.1, 0.15) is 0 Å². The molecule has 1 saturated heterocycles. The molecule has 2 aromatic carbocycles. The zero-order chi connectivity index (χ0) is 20.9. The summed E-state index contributed by atoms with van der Waals surface area (Å²) >= 11 is 1.36. The second-order valence-corrected chi connectivity index (χ2v) is 8.62. The molecular weight excluding hydrogens is 396 g/mol. The van der Waals surface area contributed by atoms with Gasteiger partial charge in [-0.1, -0.05) is 60.3 Å². The maximum absolute atomic E-state index is 12.5. The van der Waals surface area contributed by atoms with Crippen molar-refractivity contribution in [3.63, 3.8) is 0 Å². The van der Waals surface area contributed by atoms with E-state index in [0.717, 1.165) is 42.9 Å². The van der Waals surface area contributed by atoms with E-state index in [4.69, 9.17) is 0 Å². The Morgan fingerprint density at radius 1 is 1.13 bits per heavy atom. The molecule has 3 aromatic rings. The molecule has 1 atom stereocenters. The molecule has 4 rings (SSSR count). The smallest absolute Gasteiger partial charge is 0.230 e. The average Bonchev–Trinajstić information content (AvgIpc) is 3.37. The highest BCUT2D eigenvalue weighted by molar-refractivity contribution is 7.99. The van der Waals surface area contributed by atoms with Crippen molar-refractivity contribution in [1.82, 2.24) is 30.4 Å². The molecule has 0 spiro atoms. The van der Waals surface area contributed by atoms with Crippen molar-refractivity contribution in [2.75, 3.05) is 18.8 Å². The lowest BCUT2D eigenvalue weighted by Gasteiger charge is -2.16. The molecule has 1 amide bonds. The molecule has 1 aliphatic rings. The average molecular weight is 423 g/mol. The number of nitrogens with zero attached hydrogens (tertiary/aromatic N) is 5. The fourth-order valence-electron chi connectivity index (χ4n) is 3.88. The third-order valence-electron chi connectivity index (χ3n) is 5.31. The highest BCUT2D eigenvalue weighted by atomic mass is 32.2. The Kier molecular flexibility index (Phi) is 6.44. The number of aryl methyl sites for hydroxylation is 2. The van der Waals surface area contributed by atoms with E-state index in [1.807, 2.05) is 38.1 Å². The number of para-hydroxylation sites is 1. The van der Waals surface area contributed by atoms with Gasteiger partial charge in [-0.25, -0.2) is 0 Å². The molecule has 1 aromatic heterocycles. The maximum atomic E-state index is 12.5. The summed E-state index contributed by atoms with van der Waals surface area (Å²) in [5.41, 5.74) is 4.47. The molecule has 156 valence electrons. The number of hydrogen-bond donors (Lipinski definition) is 1. The molecule has 0 bridgehead atoms. The first-order chi connectivity index (χ1) is 14.6. The number of aromatic nitrogens is 4. The van der Waals surface area contributed by atoms with Gasteiger partial charge in [0.2, 0.25) is 11.1 Å². The lowest BCUT2D eigenvalue weighted by Crippen LogP contribution is -2.38. The van der Waals surface area contributed by atoms with Crippen LogP contribution in [0.25, 0.3) is 5.69 Å². The number of nitrogens with one attached hydrogen (secondary N) is 1. The van der Waals surface area contributed by atoms with E-state index in [-0.39, 0.29) is 11.9 Å². The van der Waals surface area contributed by atoms with Crippen LogP contribution in [0, 0.1) is 13.8 Å². The Labute approximate surface area is 180 Å². The second-order valence-electron chi connectivity index (χ2n) is 7.68. The molecule has 1 aliphatic heterocycles. The summed E-state index contributed by atoms with van der Waals surface area (Å²) in [5.74, 6) is 0.308. The summed E-state index contributed by atoms with van der Waals surface area (Å²) < 4.78 is 1.72. The molecule has 30 heavy (non-hydrogen) atoms. The lowest BCUT2D eigenvalue weighted by atomic mass is 10.1. The summed E-state index contributed by atoms with van der Waals surface area (Å²) in [5, 5.41) is 15.8. The zero-order valence-electron chi connectivity index (χ0n) is 17.3. The third kappa shape index (κ3) is 4.88. The normalized spacial score (nSPS) is 16.7. The van der Waals surface area contributed by atoms with Gasteiger partial charge in [-0.05, 0) is 47.4 Å². The summed E-state index contributed by atoms with van der Waals surface area (Å²) in [4.78, 5) is 14.9. The summed E-state index contributed by atoms with van der Waals surface area (Å²) in [7, 11) is 0. The number of carbonyl (C=O) groups excluding carboxylic acids is 1. The van der Waals surface area contributed by atoms with Gasteiger partial charge in [-0.15, -0.1) is 5.10 Å². The van der Waals surface area contributed by atoms with E-state index in [0.29, 0.717) is 10.9 Å². The predicted molar refractivity (Wildman–Crippen MR) is 118 cm³/mol. The highest BCUT2D eigenvalue weighted by Gasteiger charge is 2.24. The fourth-order valence-corrected chi connectivity index (χ4v) is 4.57. The minimum atomic E-state index is 0.0163. The van der Waals surface area contributed by atoms with Crippen molar-refractivity contribution in [3.05, 3.63) is 65.2 Å². The van der Waals surface area contributed by atoms with Crippen molar-refractivity contribution in [3.8, 4) is 5.69 Å². The van der Waals surface area contributed by atoms with Crippen LogP contribution < -0.4 is 5.32 Å². The van der Waals surface area contributed by atoms with Gasteiger partial charge in [-0.3, -0.25) is 9.69 Å². The Morgan fingerprint density at radius 2 is 1.90 bits per heavy atom. The summed E-state index contributed by atoms with van der Waals surface area (Å²) in [6.07, 6.45) is 0.976. The number of thioether (sulfide) groups is 1. The van der Waals surface area contributed by atoms with E-state index < -0.39 is 0 Å². The SMILES string of the molecule is Cc1cccc(C)c1-n1nnnc1SCC(=O)N[C@H]1CCN(Cc2ccccc2)C1. The van der Waals surface area contributed by atoms with Crippen molar-refractivity contribution < 1.29 is 4.79 Å². The number of hydrogen-bond acceptors (Lipinski definition) is 6. The van der Waals surface area contributed by atoms with Crippen LogP contribution in [0.5, 0.6) is 0 Å². The standard InChI is InChI=1S/C22H26N6OS/c1-16-7-6-8-17(2)21(16)28-22(24-25-26-28)30-15-20(29)23-19-11-12-27(14-19)13-18-9-4-3-5-10-18/h3-10,19H,11-15H2,1-2H3,(H,23,29)/t19-/m0/s1. The van der Waals surface area contributed by atoms with Crippen LogP contribution in [0.4, 0.5) is 0 Å². The van der Waals surface area contributed by atoms with Crippen LogP contribution in [0.1, 0.15) is 23.1 Å². The number of rotatable bonds is 7. The van der Waals surface area contributed by atoms with E-state index in [1.54, 1.807) is 4.68 Å². The minimum absolute atomic E-state index is 0.0163. The molecule has 8 heteroatoms. The lowest BCUT2D eigenvalue weighted by molar-refractivity contribution is -0.119. The van der Waals surface area contributed by atoms with Gasteiger partial charge < -0.3 is 5.32 Å². The number of carbonyl (C=O) groups is 1. The number of benzene rings is 2. The van der Waals surface area contributed by atoms with Crippen molar-refractivity contribution in [2.45, 2.75) is 38.0 Å². The van der Waals surface area contributed by atoms with Gasteiger partial charge >= 0.3 is 0 Å². The molecule has 7 nitrogen and oxygen atoms in total. The van der Waals surface area contributed by atoms with Crippen molar-refractivity contribution >= 4 is 17.7 Å². The Morgan fingerprint density at radius 3 is 2.67 bits per heavy atom. The molecule has 0 radical (unpaired) electrons. The number of amides is 1. The topological polar surface area (TPSA) is 75.9 Å². The van der Waals surface area contributed by atoms with Crippen molar-refractivity contribution in [1.29, 1.82) is 0 Å². The number of likely N-dealkylation sites (tertiary alicyclic amines) is 1. The number of tetrazole rings is 1. The van der Waals surface area contributed by atoms with Gasteiger partial charge in [-0.2, -0.15) is 4.68 Å². The monoisotopic (exact) mass is 422 g/mol. The molecule has 0 aliphatic carbocycles. The third-order valence-corrected chi connectivity index (χ3v) is 6.23. The maximum Gasteiger partial charge on any atom is 0.230 e. The van der Waals surface area contributed by atoms with E-state index >= 15 is 0 Å². The minimum Gasteiger partial charge on any atom is -0.351 e. The molecule has 2 heterocycles. The summed E-state index contributed by atoms with van der Waals surface area (Å²) in [6.45, 7) is 6.87. The largest absolute Gasteiger partial charge is 0.351 e. The zero-order valence-corrected chi connectivity index (χ0v) is 18.1. The van der Waals surface area contributed by atoms with Crippen LogP contribution in [0.15, 0.2) is 53.7 Å². The highest BCUT2D eigenvalue weighted by Crippen LogP contribution is 2.23. The van der Waals surface area contributed by atoms with Crippen LogP contribution >= 0.6 is 11.8 Å². The molecule has 1 N–H and O–H groups in total. The van der Waals surface area contributed by atoms with Crippen LogP contribution in [0.2, 0.25) is 0 Å². The van der Waals surface area contributed by atoms with Gasteiger partial charge in [0, 0.05) is 25.7 Å². The van der Waals surface area contributed by atoms with Crippen LogP contribution in [-0.2, 0) is 11.3 Å². The molecule has 0 unspecified atom stereocenters. The Balaban J connectivity index is 1.30. The van der Waals surface area contributed by atoms with Crippen LogP contribution in [-0.4, -0.2) is 55.9 Å². The second kappa shape index (κ2) is 9.40. The van der Waals surface area contributed by atoms with Crippen LogP contribution in [0.3, 0.4) is 0 Å².